The molecule has 1 amide bonds. The van der Waals surface area contributed by atoms with E-state index in [1.807, 2.05) is 0 Å². The van der Waals surface area contributed by atoms with Crippen LogP contribution in [0.25, 0.3) is 16.9 Å². The summed E-state index contributed by atoms with van der Waals surface area (Å²) in [5, 5.41) is 5.27. The molecular weight excluding hydrogens is 457 g/mol. The fraction of sp³-hybridized carbons (Fsp3) is 0.143. The summed E-state index contributed by atoms with van der Waals surface area (Å²) < 4.78 is 51.8. The Balaban J connectivity index is 1.65. The Labute approximate surface area is 189 Å². The summed E-state index contributed by atoms with van der Waals surface area (Å²) in [5.74, 6) is -1.49. The molecule has 2 aromatic carbocycles. The van der Waals surface area contributed by atoms with Crippen LogP contribution in [-0.4, -0.2) is 39.6 Å². The first kappa shape index (κ1) is 22.6. The maximum atomic E-state index is 13.7. The van der Waals surface area contributed by atoms with Gasteiger partial charge in [-0.2, -0.15) is 13.2 Å². The highest BCUT2D eigenvalue weighted by Crippen LogP contribution is 2.34. The molecule has 13 heteroatoms. The molecule has 0 saturated carbocycles. The van der Waals surface area contributed by atoms with Crippen molar-refractivity contribution in [1.82, 2.24) is 19.5 Å². The maximum Gasteiger partial charge on any atom is 0.450 e. The number of methoxy groups -OCH3 is 2. The number of fused-ring (bicyclic) bond motifs is 1. The quantitative estimate of drug-likeness (QED) is 0.410. The molecule has 0 spiro atoms. The number of ether oxygens (including phenoxy) is 2. The average molecular weight is 472 g/mol. The molecule has 1 N–H and O–H groups in total. The monoisotopic (exact) mass is 472 g/mol. The lowest BCUT2D eigenvalue weighted by atomic mass is 10.2. The summed E-state index contributed by atoms with van der Waals surface area (Å²) in [6.07, 6.45) is -2.57. The molecule has 174 valence electrons. The third kappa shape index (κ3) is 4.22. The summed E-state index contributed by atoms with van der Waals surface area (Å²) in [5.41, 5.74) is 0.376. The van der Waals surface area contributed by atoms with Crippen molar-refractivity contribution in [2.24, 2.45) is 5.18 Å². The lowest BCUT2D eigenvalue weighted by Gasteiger charge is -2.11. The summed E-state index contributed by atoms with van der Waals surface area (Å²) >= 11 is 0. The van der Waals surface area contributed by atoms with Crippen LogP contribution in [0.5, 0.6) is 11.5 Å². The number of nitrogens with zero attached hydrogens (tertiary/aromatic N) is 5. The number of carbonyl (C=O) groups excluding carboxylic acids is 1. The Morgan fingerprint density at radius 1 is 1.06 bits per heavy atom. The number of hydrogen-bond acceptors (Lipinski definition) is 8. The highest BCUT2D eigenvalue weighted by molar-refractivity contribution is 6.04. The van der Waals surface area contributed by atoms with E-state index in [1.165, 1.54) is 50.6 Å². The second-order valence-electron chi connectivity index (χ2n) is 6.82. The van der Waals surface area contributed by atoms with Crippen LogP contribution in [0.4, 0.5) is 24.7 Å². The second-order valence-corrected chi connectivity index (χ2v) is 6.82. The molecular formula is C21H15F3N6O4. The van der Waals surface area contributed by atoms with Crippen molar-refractivity contribution in [3.63, 3.8) is 0 Å². The summed E-state index contributed by atoms with van der Waals surface area (Å²) in [6, 6.07) is 8.30. The zero-order chi connectivity index (χ0) is 24.5. The van der Waals surface area contributed by atoms with Crippen molar-refractivity contribution >= 4 is 28.4 Å². The molecule has 0 aliphatic rings. The van der Waals surface area contributed by atoms with Gasteiger partial charge in [-0.3, -0.25) is 9.36 Å². The predicted octanol–water partition coefficient (Wildman–Crippen LogP) is 4.50. The first-order chi connectivity index (χ1) is 16.2. The van der Waals surface area contributed by atoms with Gasteiger partial charge in [0.1, 0.15) is 17.2 Å². The largest absolute Gasteiger partial charge is 0.497 e. The molecule has 0 fully saturated rings. The number of imidazole rings is 1. The number of nitroso groups, excluding NO2 is 1. The normalized spacial score (nSPS) is 11.3. The molecule has 0 aliphatic carbocycles. The minimum atomic E-state index is -4.76. The number of halogens is 3. The van der Waals surface area contributed by atoms with Gasteiger partial charge < -0.3 is 14.8 Å². The van der Waals surface area contributed by atoms with Crippen molar-refractivity contribution in [3.05, 3.63) is 65.1 Å². The highest BCUT2D eigenvalue weighted by atomic mass is 19.4. The molecule has 34 heavy (non-hydrogen) atoms. The molecule has 0 unspecified atom stereocenters. The van der Waals surface area contributed by atoms with Gasteiger partial charge in [-0.15, -0.1) is 4.91 Å². The number of amides is 1. The van der Waals surface area contributed by atoms with E-state index in [4.69, 9.17) is 9.47 Å². The Morgan fingerprint density at radius 2 is 1.85 bits per heavy atom. The third-order valence-corrected chi connectivity index (χ3v) is 4.76. The number of carbonyl (C=O) groups is 1. The fourth-order valence-corrected chi connectivity index (χ4v) is 3.19. The van der Waals surface area contributed by atoms with Crippen LogP contribution >= 0.6 is 0 Å². The summed E-state index contributed by atoms with van der Waals surface area (Å²) in [4.78, 5) is 35.0. The van der Waals surface area contributed by atoms with Gasteiger partial charge in [0.15, 0.2) is 11.6 Å². The molecule has 2 heterocycles. The SMILES string of the molecule is COc1ccc2c(c1)nc(C(F)(F)F)n2-c1cnc(NC(=O)c2ccc(N=O)c(OC)c2)cn1. The van der Waals surface area contributed by atoms with Gasteiger partial charge in [0.25, 0.3) is 5.91 Å². The molecule has 0 aliphatic heterocycles. The van der Waals surface area contributed by atoms with Crippen LogP contribution in [0.3, 0.4) is 0 Å². The third-order valence-electron chi connectivity index (χ3n) is 4.76. The van der Waals surface area contributed by atoms with Crippen LogP contribution < -0.4 is 14.8 Å². The first-order valence-corrected chi connectivity index (χ1v) is 9.54. The Hall–Kier alpha value is -4.55. The van der Waals surface area contributed by atoms with E-state index in [0.29, 0.717) is 5.75 Å². The van der Waals surface area contributed by atoms with Crippen molar-refractivity contribution in [1.29, 1.82) is 0 Å². The van der Waals surface area contributed by atoms with Crippen LogP contribution in [0.2, 0.25) is 0 Å². The fourth-order valence-electron chi connectivity index (χ4n) is 3.19. The number of rotatable bonds is 6. The van der Waals surface area contributed by atoms with E-state index in [1.54, 1.807) is 0 Å². The van der Waals surface area contributed by atoms with E-state index >= 15 is 0 Å². The number of anilines is 1. The van der Waals surface area contributed by atoms with Gasteiger partial charge in [-0.25, -0.2) is 15.0 Å². The van der Waals surface area contributed by atoms with E-state index in [2.05, 4.69) is 25.4 Å². The first-order valence-electron chi connectivity index (χ1n) is 9.54. The van der Waals surface area contributed by atoms with E-state index in [-0.39, 0.29) is 39.7 Å². The van der Waals surface area contributed by atoms with E-state index < -0.39 is 17.9 Å². The minimum Gasteiger partial charge on any atom is -0.497 e. The summed E-state index contributed by atoms with van der Waals surface area (Å²) in [6.45, 7) is 0. The smallest absolute Gasteiger partial charge is 0.450 e. The average Bonchev–Trinajstić information content (AvgIpc) is 3.23. The molecule has 0 radical (unpaired) electrons. The Bertz CT molecular complexity index is 1390. The van der Waals surface area contributed by atoms with Crippen LogP contribution in [0.1, 0.15) is 16.2 Å². The van der Waals surface area contributed by atoms with Crippen LogP contribution in [-0.2, 0) is 6.18 Å². The Morgan fingerprint density at radius 3 is 2.47 bits per heavy atom. The van der Waals surface area contributed by atoms with Crippen molar-refractivity contribution in [3.8, 4) is 17.3 Å². The topological polar surface area (TPSA) is 121 Å². The number of aromatic nitrogens is 4. The van der Waals surface area contributed by atoms with Crippen LogP contribution in [0, 0.1) is 4.91 Å². The second kappa shape index (κ2) is 8.77. The van der Waals surface area contributed by atoms with Gasteiger partial charge in [-0.05, 0) is 35.5 Å². The number of alkyl halides is 3. The molecule has 0 saturated heterocycles. The minimum absolute atomic E-state index is 0.00930. The molecule has 0 bridgehead atoms. The summed E-state index contributed by atoms with van der Waals surface area (Å²) in [7, 11) is 2.71. The molecule has 10 nitrogen and oxygen atoms in total. The number of hydrogen-bond donors (Lipinski definition) is 1. The van der Waals surface area contributed by atoms with E-state index in [9.17, 15) is 22.9 Å². The van der Waals surface area contributed by atoms with Crippen molar-refractivity contribution in [2.75, 3.05) is 19.5 Å². The molecule has 0 atom stereocenters. The van der Waals surface area contributed by atoms with Crippen molar-refractivity contribution in [2.45, 2.75) is 6.18 Å². The van der Waals surface area contributed by atoms with E-state index in [0.717, 1.165) is 17.0 Å². The standard InChI is InChI=1S/C21H15F3N6O4/c1-33-12-4-6-15-14(8-12)27-20(21(22,23)24)30(15)18-10-25-17(9-26-18)28-19(31)11-3-5-13(29-32)16(7-11)34-2/h3-10H,1-2H3,(H,25,28,31). The lowest BCUT2D eigenvalue weighted by molar-refractivity contribution is -0.145. The molecule has 4 rings (SSSR count). The zero-order valence-electron chi connectivity index (χ0n) is 17.6. The van der Waals surface area contributed by atoms with Gasteiger partial charge in [-0.1, -0.05) is 0 Å². The molecule has 2 aromatic heterocycles. The van der Waals surface area contributed by atoms with Crippen LogP contribution in [0.15, 0.2) is 54.0 Å². The van der Waals surface area contributed by atoms with Gasteiger partial charge in [0.2, 0.25) is 5.82 Å². The number of nitrogens with one attached hydrogen (secondary N) is 1. The maximum absolute atomic E-state index is 13.7. The molecule has 4 aromatic rings. The Kier molecular flexibility index (Phi) is 5.84. The zero-order valence-corrected chi connectivity index (χ0v) is 17.6. The highest BCUT2D eigenvalue weighted by Gasteiger charge is 2.38. The predicted molar refractivity (Wildman–Crippen MR) is 115 cm³/mol. The van der Waals surface area contributed by atoms with Gasteiger partial charge in [0, 0.05) is 11.6 Å². The van der Waals surface area contributed by atoms with Gasteiger partial charge >= 0.3 is 6.18 Å². The number of benzene rings is 2. The van der Waals surface area contributed by atoms with Crippen molar-refractivity contribution < 1.29 is 27.4 Å². The van der Waals surface area contributed by atoms with Gasteiger partial charge in [0.05, 0.1) is 37.6 Å². The lowest BCUT2D eigenvalue weighted by Crippen LogP contribution is -2.16.